The fourth-order valence-corrected chi connectivity index (χ4v) is 6.87. The van der Waals surface area contributed by atoms with Gasteiger partial charge in [0.2, 0.25) is 0 Å². The minimum atomic E-state index is -0.860. The molecule has 4 aromatic rings. The molecule has 12 heteroatoms. The lowest BCUT2D eigenvalue weighted by atomic mass is 9.90. The molecule has 2 atom stereocenters. The molecule has 1 aliphatic carbocycles. The van der Waals surface area contributed by atoms with Crippen LogP contribution in [0.3, 0.4) is 0 Å². The van der Waals surface area contributed by atoms with E-state index in [-0.39, 0.29) is 41.7 Å². The molecule has 3 fully saturated rings. The SMILES string of the molecule is CNc1ccc(COc2nc(N3CCC4(CC3)CC4c3nc4ccc(C(=O)OC)cc4n3CC3CCO3)c(F)cc2F)cc1C=N. The molecule has 1 spiro atoms. The number of fused-ring (bicyclic) bond motifs is 1. The standard InChI is InChI=1S/C34H36F2N6O4/c1-38-27-5-3-20(13-22(27)17-37)19-46-32-26(36)15-25(35)31(40-32)41-10-8-34(9-11-41)16-24(34)30-39-28-6-4-21(33(43)44-2)14-29(28)42(30)18-23-7-12-45-23/h3-6,13-15,17,23-24,37-38H,7-12,16,18-19H2,1-2H3. The number of pyridine rings is 1. The highest BCUT2D eigenvalue weighted by Crippen LogP contribution is 2.65. The van der Waals surface area contributed by atoms with E-state index in [0.29, 0.717) is 30.8 Å². The van der Waals surface area contributed by atoms with Crippen molar-refractivity contribution in [3.63, 3.8) is 0 Å². The van der Waals surface area contributed by atoms with Crippen LogP contribution in [-0.4, -0.2) is 66.7 Å². The molecule has 4 heterocycles. The number of hydrogen-bond acceptors (Lipinski definition) is 9. The number of aromatic nitrogens is 3. The number of anilines is 2. The fourth-order valence-electron chi connectivity index (χ4n) is 6.87. The number of nitrogens with one attached hydrogen (secondary N) is 2. The summed E-state index contributed by atoms with van der Waals surface area (Å²) in [5, 5.41) is 10.6. The molecule has 1 saturated carbocycles. The lowest BCUT2D eigenvalue weighted by Gasteiger charge is -2.34. The number of nitrogens with zero attached hydrogens (tertiary/aromatic N) is 4. The van der Waals surface area contributed by atoms with Crippen molar-refractivity contribution in [3.05, 3.63) is 76.6 Å². The number of ether oxygens (including phenoxy) is 3. The average Bonchev–Trinajstić information content (AvgIpc) is 3.62. The van der Waals surface area contributed by atoms with Gasteiger partial charge in [-0.15, -0.1) is 0 Å². The van der Waals surface area contributed by atoms with Gasteiger partial charge in [-0.25, -0.2) is 18.6 Å². The monoisotopic (exact) mass is 630 g/mol. The highest BCUT2D eigenvalue weighted by Gasteiger charge is 2.57. The van der Waals surface area contributed by atoms with E-state index in [1.54, 1.807) is 19.2 Å². The number of carbonyl (C=O) groups excluding carboxylic acids is 1. The largest absolute Gasteiger partial charge is 0.471 e. The van der Waals surface area contributed by atoms with Crippen LogP contribution in [0.15, 0.2) is 42.5 Å². The Kier molecular flexibility index (Phi) is 7.83. The fraction of sp³-hybridized carbons (Fsp3) is 0.412. The molecule has 2 saturated heterocycles. The lowest BCUT2D eigenvalue weighted by molar-refractivity contribution is -0.0590. The maximum absolute atomic E-state index is 15.1. The van der Waals surface area contributed by atoms with Crippen molar-refractivity contribution < 1.29 is 27.8 Å². The van der Waals surface area contributed by atoms with Crippen molar-refractivity contribution in [2.45, 2.75) is 50.9 Å². The van der Waals surface area contributed by atoms with Crippen LogP contribution in [0.4, 0.5) is 20.3 Å². The summed E-state index contributed by atoms with van der Waals surface area (Å²) in [6.45, 7) is 2.58. The van der Waals surface area contributed by atoms with Crippen LogP contribution in [0, 0.1) is 22.5 Å². The van der Waals surface area contributed by atoms with Crippen molar-refractivity contribution >= 4 is 34.7 Å². The summed E-state index contributed by atoms with van der Waals surface area (Å²) in [6, 6.07) is 11.7. The number of benzene rings is 2. The average molecular weight is 631 g/mol. The van der Waals surface area contributed by atoms with Crippen molar-refractivity contribution in [3.8, 4) is 5.88 Å². The quantitative estimate of drug-likeness (QED) is 0.170. The Bertz CT molecular complexity index is 1820. The van der Waals surface area contributed by atoms with E-state index in [0.717, 1.165) is 66.5 Å². The maximum Gasteiger partial charge on any atom is 0.337 e. The Morgan fingerprint density at radius 1 is 1.15 bits per heavy atom. The Morgan fingerprint density at radius 3 is 2.65 bits per heavy atom. The van der Waals surface area contributed by atoms with Crippen LogP contribution in [0.25, 0.3) is 11.0 Å². The third-order valence-corrected chi connectivity index (χ3v) is 9.73. The second-order valence-electron chi connectivity index (χ2n) is 12.3. The van der Waals surface area contributed by atoms with E-state index in [4.69, 9.17) is 24.6 Å². The first-order chi connectivity index (χ1) is 22.3. The smallest absolute Gasteiger partial charge is 0.337 e. The lowest BCUT2D eigenvalue weighted by Crippen LogP contribution is -2.36. The van der Waals surface area contributed by atoms with Gasteiger partial charge in [0.1, 0.15) is 12.4 Å². The van der Waals surface area contributed by atoms with E-state index >= 15 is 4.39 Å². The second-order valence-corrected chi connectivity index (χ2v) is 12.3. The Labute approximate surface area is 265 Å². The van der Waals surface area contributed by atoms with Gasteiger partial charge in [0.05, 0.1) is 36.4 Å². The molecule has 46 heavy (non-hydrogen) atoms. The van der Waals surface area contributed by atoms with Crippen molar-refractivity contribution in [2.75, 3.05) is 44.1 Å². The first-order valence-corrected chi connectivity index (χ1v) is 15.6. The van der Waals surface area contributed by atoms with Gasteiger partial charge in [-0.1, -0.05) is 6.07 Å². The molecule has 0 amide bonds. The van der Waals surface area contributed by atoms with Gasteiger partial charge in [-0.3, -0.25) is 0 Å². The van der Waals surface area contributed by atoms with Gasteiger partial charge < -0.3 is 34.4 Å². The molecule has 2 aromatic heterocycles. The second kappa shape index (κ2) is 12.0. The summed E-state index contributed by atoms with van der Waals surface area (Å²) in [5.74, 6) is -0.915. The number of piperidine rings is 1. The third-order valence-electron chi connectivity index (χ3n) is 9.73. The van der Waals surface area contributed by atoms with Gasteiger partial charge in [0.25, 0.3) is 5.88 Å². The number of carbonyl (C=O) groups is 1. The van der Waals surface area contributed by atoms with Gasteiger partial charge in [-0.05, 0) is 67.0 Å². The number of esters is 1. The zero-order chi connectivity index (χ0) is 32.0. The Morgan fingerprint density at radius 2 is 1.96 bits per heavy atom. The number of halogens is 2. The first-order valence-electron chi connectivity index (χ1n) is 15.6. The van der Waals surface area contributed by atoms with Gasteiger partial charge >= 0.3 is 5.97 Å². The molecule has 2 N–H and O–H groups in total. The predicted octanol–water partition coefficient (Wildman–Crippen LogP) is 5.68. The third kappa shape index (κ3) is 5.44. The highest BCUT2D eigenvalue weighted by atomic mass is 19.1. The summed E-state index contributed by atoms with van der Waals surface area (Å²) in [6.07, 6.45) is 4.93. The van der Waals surface area contributed by atoms with Crippen LogP contribution in [0.5, 0.6) is 5.88 Å². The summed E-state index contributed by atoms with van der Waals surface area (Å²) >= 11 is 0. The molecule has 2 unspecified atom stereocenters. The van der Waals surface area contributed by atoms with E-state index < -0.39 is 11.6 Å². The molecule has 7 rings (SSSR count). The molecule has 3 aliphatic rings. The van der Waals surface area contributed by atoms with E-state index in [9.17, 15) is 9.18 Å². The molecule has 0 bridgehead atoms. The summed E-state index contributed by atoms with van der Waals surface area (Å²) < 4.78 is 48.4. The zero-order valence-corrected chi connectivity index (χ0v) is 25.8. The number of hydrogen-bond donors (Lipinski definition) is 2. The normalized spacial score (nSPS) is 20.0. The molecular weight excluding hydrogens is 594 g/mol. The molecule has 2 aliphatic heterocycles. The molecule has 0 radical (unpaired) electrons. The number of rotatable bonds is 10. The summed E-state index contributed by atoms with van der Waals surface area (Å²) in [4.78, 5) is 23.4. The summed E-state index contributed by atoms with van der Waals surface area (Å²) in [5.41, 5.74) is 4.45. The van der Waals surface area contributed by atoms with E-state index in [1.165, 1.54) is 13.3 Å². The molecule has 10 nitrogen and oxygen atoms in total. The zero-order valence-electron chi connectivity index (χ0n) is 25.8. The predicted molar refractivity (Wildman–Crippen MR) is 169 cm³/mol. The van der Waals surface area contributed by atoms with Crippen LogP contribution < -0.4 is 15.0 Å². The maximum atomic E-state index is 15.1. The Balaban J connectivity index is 1.07. The number of methoxy groups -OCH3 is 1. The van der Waals surface area contributed by atoms with Crippen molar-refractivity contribution in [1.29, 1.82) is 5.41 Å². The topological polar surface area (TPSA) is 115 Å². The molecular formula is C34H36F2N6O4. The number of imidazole rings is 1. The van der Waals surface area contributed by atoms with Crippen LogP contribution in [-0.2, 0) is 22.6 Å². The van der Waals surface area contributed by atoms with Crippen LogP contribution in [0.1, 0.15) is 58.9 Å². The van der Waals surface area contributed by atoms with Crippen molar-refractivity contribution in [2.24, 2.45) is 5.41 Å². The highest BCUT2D eigenvalue weighted by molar-refractivity contribution is 5.93. The van der Waals surface area contributed by atoms with E-state index in [1.807, 2.05) is 29.2 Å². The minimum Gasteiger partial charge on any atom is -0.471 e. The van der Waals surface area contributed by atoms with Gasteiger partial charge in [0.15, 0.2) is 17.5 Å². The van der Waals surface area contributed by atoms with Gasteiger partial charge in [-0.2, -0.15) is 4.98 Å². The van der Waals surface area contributed by atoms with Crippen molar-refractivity contribution in [1.82, 2.24) is 14.5 Å². The summed E-state index contributed by atoms with van der Waals surface area (Å²) in [7, 11) is 3.15. The van der Waals surface area contributed by atoms with Crippen LogP contribution >= 0.6 is 0 Å². The molecule has 2 aromatic carbocycles. The van der Waals surface area contributed by atoms with E-state index in [2.05, 4.69) is 14.9 Å². The Hall–Kier alpha value is -4.58. The minimum absolute atomic E-state index is 0.0264. The molecule has 240 valence electrons. The first kappa shape index (κ1) is 30.1. The van der Waals surface area contributed by atoms with Crippen LogP contribution in [0.2, 0.25) is 0 Å². The van der Waals surface area contributed by atoms with Gasteiger partial charge in [0, 0.05) is 56.2 Å².